The van der Waals surface area contributed by atoms with Crippen LogP contribution in [-0.4, -0.2) is 60.5 Å². The zero-order valence-corrected chi connectivity index (χ0v) is 26.1. The lowest BCUT2D eigenvalue weighted by Crippen LogP contribution is -2.44. The molecule has 2 saturated heterocycles. The summed E-state index contributed by atoms with van der Waals surface area (Å²) in [4.78, 5) is 17.9. The largest absolute Gasteiger partial charge is 0.342 e. The van der Waals surface area contributed by atoms with E-state index in [1.54, 1.807) is 0 Å². The topological polar surface area (TPSA) is 61.6 Å². The molecule has 0 aromatic heterocycles. The van der Waals surface area contributed by atoms with Gasteiger partial charge >= 0.3 is 0 Å². The fraction of sp³-hybridized carbons (Fsp3) is 0.618. The number of halogens is 2. The minimum atomic E-state index is -0.537. The first-order chi connectivity index (χ1) is 19.4. The molecule has 228 valence electrons. The number of likely N-dealkylation sites (tertiary alicyclic amines) is 2. The molecule has 2 aliphatic heterocycles. The average molecular weight is 571 g/mol. The molecule has 2 fully saturated rings. The molecule has 2 atom stereocenters. The second-order valence-corrected chi connectivity index (χ2v) is 12.8. The summed E-state index contributed by atoms with van der Waals surface area (Å²) in [5.74, 6) is 0.0166. The van der Waals surface area contributed by atoms with Crippen molar-refractivity contribution in [2.45, 2.75) is 91.1 Å². The highest BCUT2D eigenvalue weighted by Gasteiger charge is 2.37. The Hall–Kier alpha value is -2.35. The van der Waals surface area contributed by atoms with Gasteiger partial charge in [0.1, 0.15) is 11.6 Å². The maximum absolute atomic E-state index is 13.3. The monoisotopic (exact) mass is 570 g/mol. The van der Waals surface area contributed by atoms with E-state index >= 15 is 0 Å². The number of piperidine rings is 1. The van der Waals surface area contributed by atoms with Crippen LogP contribution in [0.1, 0.15) is 94.0 Å². The van der Waals surface area contributed by atoms with Crippen LogP contribution in [-0.2, 0) is 4.79 Å². The molecule has 7 heteroatoms. The SMILES string of the molecule is CCC(NCCCN)c1cc(C)c(C)cc1C1CCN(C(=O)C2CCN(C(C)(C)C)C2)CC1.Fc1cccc(F)c1. The van der Waals surface area contributed by atoms with Crippen molar-refractivity contribution < 1.29 is 13.6 Å². The Labute approximate surface area is 246 Å². The Kier molecular flexibility index (Phi) is 12.3. The standard InChI is InChI=1S/C28H48N4O.C6H4F2/c1-7-26(30-13-8-12-29)25-18-21(3)20(2)17-24(25)22-9-14-31(15-10-22)27(33)23-11-16-32(19-23)28(4,5)6;7-5-2-1-3-6(8)4-5/h17-18,22-23,26,30H,7-16,19,29H2,1-6H3;1-4H. The van der Waals surface area contributed by atoms with Crippen LogP contribution in [0.5, 0.6) is 0 Å². The maximum atomic E-state index is 13.3. The van der Waals surface area contributed by atoms with Crippen molar-refractivity contribution in [3.63, 3.8) is 0 Å². The third kappa shape index (κ3) is 9.32. The number of benzene rings is 2. The van der Waals surface area contributed by atoms with Crippen LogP contribution in [0.2, 0.25) is 0 Å². The van der Waals surface area contributed by atoms with E-state index in [-0.39, 0.29) is 11.5 Å². The summed E-state index contributed by atoms with van der Waals surface area (Å²) in [6.07, 6.45) is 5.21. The number of rotatable bonds is 8. The Morgan fingerprint density at radius 2 is 1.66 bits per heavy atom. The number of carbonyl (C=O) groups excluding carboxylic acids is 1. The van der Waals surface area contributed by atoms with Crippen LogP contribution in [0.25, 0.3) is 0 Å². The van der Waals surface area contributed by atoms with Crippen LogP contribution < -0.4 is 11.1 Å². The number of hydrogen-bond acceptors (Lipinski definition) is 4. The quantitative estimate of drug-likeness (QED) is 0.357. The Morgan fingerprint density at radius 1 is 1.02 bits per heavy atom. The molecule has 2 heterocycles. The van der Waals surface area contributed by atoms with Gasteiger partial charge in [0.2, 0.25) is 5.91 Å². The van der Waals surface area contributed by atoms with Gasteiger partial charge in [-0.15, -0.1) is 0 Å². The van der Waals surface area contributed by atoms with Gasteiger partial charge < -0.3 is 16.0 Å². The van der Waals surface area contributed by atoms with Gasteiger partial charge in [0, 0.05) is 37.3 Å². The molecule has 2 aromatic rings. The molecule has 0 bridgehead atoms. The molecular weight excluding hydrogens is 518 g/mol. The lowest BCUT2D eigenvalue weighted by molar-refractivity contribution is -0.136. The van der Waals surface area contributed by atoms with Crippen LogP contribution in [0.3, 0.4) is 0 Å². The fourth-order valence-corrected chi connectivity index (χ4v) is 6.07. The molecule has 3 N–H and O–H groups in total. The van der Waals surface area contributed by atoms with Gasteiger partial charge in [-0.25, -0.2) is 8.78 Å². The number of nitrogens with zero attached hydrogens (tertiary/aromatic N) is 2. The second-order valence-electron chi connectivity index (χ2n) is 12.8. The lowest BCUT2D eigenvalue weighted by Gasteiger charge is -2.36. The molecule has 5 nitrogen and oxygen atoms in total. The highest BCUT2D eigenvalue weighted by molar-refractivity contribution is 5.79. The third-order valence-electron chi connectivity index (χ3n) is 8.77. The highest BCUT2D eigenvalue weighted by Crippen LogP contribution is 2.36. The first kappa shape index (κ1) is 33.2. The van der Waals surface area contributed by atoms with Crippen molar-refractivity contribution in [2.75, 3.05) is 39.3 Å². The Morgan fingerprint density at radius 3 is 2.17 bits per heavy atom. The fourth-order valence-electron chi connectivity index (χ4n) is 6.07. The number of nitrogens with two attached hydrogens (primary N) is 1. The van der Waals surface area contributed by atoms with Crippen molar-refractivity contribution >= 4 is 5.91 Å². The smallest absolute Gasteiger partial charge is 0.227 e. The molecule has 1 amide bonds. The third-order valence-corrected chi connectivity index (χ3v) is 8.77. The first-order valence-corrected chi connectivity index (χ1v) is 15.4. The van der Waals surface area contributed by atoms with Crippen molar-refractivity contribution in [1.29, 1.82) is 0 Å². The Balaban J connectivity index is 0.000000496. The van der Waals surface area contributed by atoms with E-state index in [0.29, 0.717) is 17.9 Å². The molecular formula is C34H52F2N4O. The summed E-state index contributed by atoms with van der Waals surface area (Å²) in [5, 5.41) is 3.74. The number of aryl methyl sites for hydroxylation is 2. The minimum Gasteiger partial charge on any atom is -0.342 e. The van der Waals surface area contributed by atoms with Crippen LogP contribution >= 0.6 is 0 Å². The van der Waals surface area contributed by atoms with E-state index in [1.807, 2.05) is 0 Å². The van der Waals surface area contributed by atoms with Crippen LogP contribution in [0.4, 0.5) is 8.78 Å². The summed E-state index contributed by atoms with van der Waals surface area (Å²) in [6.45, 7) is 18.9. The van der Waals surface area contributed by atoms with Crippen molar-refractivity contribution in [3.8, 4) is 0 Å². The summed E-state index contributed by atoms with van der Waals surface area (Å²) < 4.78 is 23.9. The highest BCUT2D eigenvalue weighted by atomic mass is 19.1. The molecule has 0 aliphatic carbocycles. The van der Waals surface area contributed by atoms with E-state index in [0.717, 1.165) is 77.4 Å². The van der Waals surface area contributed by atoms with Gasteiger partial charge in [0.15, 0.2) is 0 Å². The molecule has 0 spiro atoms. The molecule has 2 aliphatic rings. The Bertz CT molecular complexity index is 1110. The van der Waals surface area contributed by atoms with Crippen molar-refractivity contribution in [1.82, 2.24) is 15.1 Å². The normalized spacial score (nSPS) is 19.1. The molecule has 4 rings (SSSR count). The zero-order valence-electron chi connectivity index (χ0n) is 26.1. The van der Waals surface area contributed by atoms with Crippen LogP contribution in [0.15, 0.2) is 36.4 Å². The van der Waals surface area contributed by atoms with E-state index in [9.17, 15) is 13.6 Å². The predicted molar refractivity (Wildman–Crippen MR) is 165 cm³/mol. The van der Waals surface area contributed by atoms with Crippen molar-refractivity contribution in [3.05, 3.63) is 70.3 Å². The summed E-state index contributed by atoms with van der Waals surface area (Å²) in [7, 11) is 0. The van der Waals surface area contributed by atoms with E-state index in [2.05, 4.69) is 68.8 Å². The summed E-state index contributed by atoms with van der Waals surface area (Å²) in [5.41, 5.74) is 11.6. The number of nitrogens with one attached hydrogen (secondary N) is 1. The van der Waals surface area contributed by atoms with Crippen molar-refractivity contribution in [2.24, 2.45) is 11.7 Å². The van der Waals surface area contributed by atoms with Gasteiger partial charge in [-0.2, -0.15) is 0 Å². The van der Waals surface area contributed by atoms with Crippen LogP contribution in [0, 0.1) is 31.4 Å². The zero-order chi connectivity index (χ0) is 30.2. The molecule has 0 saturated carbocycles. The summed E-state index contributed by atoms with van der Waals surface area (Å²) in [6, 6.07) is 9.76. The molecule has 0 radical (unpaired) electrons. The average Bonchev–Trinajstić information content (AvgIpc) is 3.44. The van der Waals surface area contributed by atoms with E-state index in [4.69, 9.17) is 5.73 Å². The lowest BCUT2D eigenvalue weighted by atomic mass is 9.82. The maximum Gasteiger partial charge on any atom is 0.227 e. The van der Waals surface area contributed by atoms with Gasteiger partial charge in [-0.1, -0.05) is 25.1 Å². The summed E-state index contributed by atoms with van der Waals surface area (Å²) >= 11 is 0. The minimum absolute atomic E-state index is 0.149. The van der Waals surface area contributed by atoms with Gasteiger partial charge in [0.05, 0.1) is 5.92 Å². The van der Waals surface area contributed by atoms with Gasteiger partial charge in [-0.3, -0.25) is 9.69 Å². The number of hydrogen-bond donors (Lipinski definition) is 2. The van der Waals surface area contributed by atoms with Gasteiger partial charge in [0.25, 0.3) is 0 Å². The van der Waals surface area contributed by atoms with Gasteiger partial charge in [-0.05, 0) is 127 Å². The predicted octanol–water partition coefficient (Wildman–Crippen LogP) is 6.48. The second kappa shape index (κ2) is 15.2. The van der Waals surface area contributed by atoms with E-state index < -0.39 is 11.6 Å². The number of carbonyl (C=O) groups is 1. The molecule has 41 heavy (non-hydrogen) atoms. The molecule has 2 unspecified atom stereocenters. The van der Waals surface area contributed by atoms with E-state index in [1.165, 1.54) is 40.5 Å². The number of amides is 1. The molecule has 2 aromatic carbocycles. The first-order valence-electron chi connectivity index (χ1n) is 15.4.